The van der Waals surface area contributed by atoms with Crippen molar-refractivity contribution in [1.29, 1.82) is 0 Å². The van der Waals surface area contributed by atoms with Crippen LogP contribution in [-0.4, -0.2) is 47.6 Å². The average Bonchev–Trinajstić information content (AvgIpc) is 2.93. The van der Waals surface area contributed by atoms with E-state index in [9.17, 15) is 9.59 Å². The molecule has 1 saturated heterocycles. The van der Waals surface area contributed by atoms with Gasteiger partial charge in [-0.3, -0.25) is 9.59 Å². The molecule has 1 saturated carbocycles. The number of carbonyl (C=O) groups excluding carboxylic acids is 1. The SMILES string of the molecule is CC(CN1CCCC1)NC(=O)C1(C(=O)O)CC1. The van der Waals surface area contributed by atoms with Gasteiger partial charge in [0.05, 0.1) is 0 Å². The molecule has 1 atom stereocenters. The van der Waals surface area contributed by atoms with Crippen molar-refractivity contribution in [2.24, 2.45) is 5.41 Å². The Balaban J connectivity index is 1.80. The quantitative estimate of drug-likeness (QED) is 0.685. The first-order chi connectivity index (χ1) is 8.04. The number of carbonyl (C=O) groups is 2. The van der Waals surface area contributed by atoms with E-state index in [4.69, 9.17) is 5.11 Å². The summed E-state index contributed by atoms with van der Waals surface area (Å²) in [5.74, 6) is -1.29. The average molecular weight is 240 g/mol. The molecule has 1 aliphatic carbocycles. The van der Waals surface area contributed by atoms with E-state index in [1.807, 2.05) is 6.92 Å². The van der Waals surface area contributed by atoms with E-state index in [0.717, 1.165) is 19.6 Å². The molecule has 2 N–H and O–H groups in total. The lowest BCUT2D eigenvalue weighted by Crippen LogP contribution is -2.46. The van der Waals surface area contributed by atoms with Gasteiger partial charge in [-0.15, -0.1) is 0 Å². The molecule has 5 heteroatoms. The van der Waals surface area contributed by atoms with Crippen molar-refractivity contribution >= 4 is 11.9 Å². The van der Waals surface area contributed by atoms with Crippen molar-refractivity contribution in [1.82, 2.24) is 10.2 Å². The van der Waals surface area contributed by atoms with Gasteiger partial charge in [0.1, 0.15) is 5.41 Å². The molecule has 1 heterocycles. The third-order valence-electron chi connectivity index (χ3n) is 3.70. The van der Waals surface area contributed by atoms with Crippen LogP contribution in [0.4, 0.5) is 0 Å². The minimum atomic E-state index is -1.11. The van der Waals surface area contributed by atoms with Gasteiger partial charge in [-0.2, -0.15) is 0 Å². The fourth-order valence-electron chi connectivity index (χ4n) is 2.42. The number of carboxylic acids is 1. The molecule has 0 aromatic rings. The lowest BCUT2D eigenvalue weighted by atomic mass is 10.1. The van der Waals surface area contributed by atoms with Crippen molar-refractivity contribution < 1.29 is 14.7 Å². The summed E-state index contributed by atoms with van der Waals surface area (Å²) >= 11 is 0. The van der Waals surface area contributed by atoms with Gasteiger partial charge >= 0.3 is 5.97 Å². The van der Waals surface area contributed by atoms with Gasteiger partial charge < -0.3 is 15.3 Å². The van der Waals surface area contributed by atoms with Gasteiger partial charge in [-0.1, -0.05) is 0 Å². The number of nitrogens with one attached hydrogen (secondary N) is 1. The number of amides is 1. The first-order valence-corrected chi connectivity index (χ1v) is 6.31. The standard InChI is InChI=1S/C12H20N2O3/c1-9(8-14-6-2-3-7-14)13-10(15)12(4-5-12)11(16)17/h9H,2-8H2,1H3,(H,13,15)(H,16,17). The molecule has 1 aliphatic heterocycles. The summed E-state index contributed by atoms with van der Waals surface area (Å²) < 4.78 is 0. The number of hydrogen-bond donors (Lipinski definition) is 2. The number of hydrogen-bond acceptors (Lipinski definition) is 3. The molecule has 0 aromatic heterocycles. The Morgan fingerprint density at radius 1 is 1.35 bits per heavy atom. The van der Waals surface area contributed by atoms with Crippen LogP contribution in [0.15, 0.2) is 0 Å². The summed E-state index contributed by atoms with van der Waals surface area (Å²) in [6.07, 6.45) is 3.40. The molecule has 2 fully saturated rings. The summed E-state index contributed by atoms with van der Waals surface area (Å²) in [6, 6.07) is 0.0254. The predicted octanol–water partition coefficient (Wildman–Crippen LogP) is 0.452. The van der Waals surface area contributed by atoms with Gasteiger partial charge in [-0.05, 0) is 45.7 Å². The monoisotopic (exact) mass is 240 g/mol. The Hall–Kier alpha value is -1.10. The van der Waals surface area contributed by atoms with Gasteiger partial charge in [0.15, 0.2) is 0 Å². The second-order valence-electron chi connectivity index (χ2n) is 5.27. The first-order valence-electron chi connectivity index (χ1n) is 6.31. The molecule has 0 radical (unpaired) electrons. The zero-order valence-corrected chi connectivity index (χ0v) is 10.2. The van der Waals surface area contributed by atoms with Crippen molar-refractivity contribution in [2.45, 2.75) is 38.6 Å². The molecule has 17 heavy (non-hydrogen) atoms. The van der Waals surface area contributed by atoms with Gasteiger partial charge in [0, 0.05) is 12.6 Å². The molecular weight excluding hydrogens is 220 g/mol. The van der Waals surface area contributed by atoms with Crippen LogP contribution in [0.3, 0.4) is 0 Å². The van der Waals surface area contributed by atoms with E-state index in [0.29, 0.717) is 12.8 Å². The number of carboxylic acid groups (broad SMARTS) is 1. The Bertz CT molecular complexity index is 320. The molecule has 1 unspecified atom stereocenters. The van der Waals surface area contributed by atoms with Crippen LogP contribution in [0.25, 0.3) is 0 Å². The summed E-state index contributed by atoms with van der Waals surface area (Å²) in [6.45, 7) is 4.93. The van der Waals surface area contributed by atoms with E-state index in [1.165, 1.54) is 12.8 Å². The van der Waals surface area contributed by atoms with E-state index >= 15 is 0 Å². The molecular formula is C12H20N2O3. The maximum atomic E-state index is 11.8. The molecule has 2 rings (SSSR count). The topological polar surface area (TPSA) is 69.6 Å². The fourth-order valence-corrected chi connectivity index (χ4v) is 2.42. The van der Waals surface area contributed by atoms with Crippen LogP contribution in [0.2, 0.25) is 0 Å². The predicted molar refractivity (Wildman–Crippen MR) is 62.6 cm³/mol. The van der Waals surface area contributed by atoms with Crippen LogP contribution >= 0.6 is 0 Å². The number of likely N-dealkylation sites (tertiary alicyclic amines) is 1. The lowest BCUT2D eigenvalue weighted by Gasteiger charge is -2.22. The molecule has 2 aliphatic rings. The highest BCUT2D eigenvalue weighted by Gasteiger charge is 2.57. The maximum Gasteiger partial charge on any atom is 0.319 e. The van der Waals surface area contributed by atoms with Crippen LogP contribution in [0.5, 0.6) is 0 Å². The third-order valence-corrected chi connectivity index (χ3v) is 3.70. The maximum absolute atomic E-state index is 11.8. The Labute approximate surface area is 101 Å². The van der Waals surface area contributed by atoms with Crippen LogP contribution < -0.4 is 5.32 Å². The van der Waals surface area contributed by atoms with Crippen molar-refractivity contribution in [2.75, 3.05) is 19.6 Å². The molecule has 5 nitrogen and oxygen atoms in total. The third kappa shape index (κ3) is 2.60. The Kier molecular flexibility index (Phi) is 3.38. The highest BCUT2D eigenvalue weighted by Crippen LogP contribution is 2.46. The van der Waals surface area contributed by atoms with Gasteiger partial charge in [0.2, 0.25) is 5.91 Å². The lowest BCUT2D eigenvalue weighted by molar-refractivity contribution is -0.149. The second-order valence-corrected chi connectivity index (χ2v) is 5.27. The second kappa shape index (κ2) is 4.64. The van der Waals surface area contributed by atoms with Gasteiger partial charge in [-0.25, -0.2) is 0 Å². The molecule has 0 bridgehead atoms. The summed E-state index contributed by atoms with van der Waals surface area (Å²) in [5.41, 5.74) is -1.11. The Morgan fingerprint density at radius 3 is 2.41 bits per heavy atom. The normalized spacial score (nSPS) is 24.3. The van der Waals surface area contributed by atoms with E-state index in [1.54, 1.807) is 0 Å². The highest BCUT2D eigenvalue weighted by molar-refractivity contribution is 6.04. The highest BCUT2D eigenvalue weighted by atomic mass is 16.4. The van der Waals surface area contributed by atoms with E-state index in [-0.39, 0.29) is 11.9 Å². The summed E-state index contributed by atoms with van der Waals surface area (Å²) in [4.78, 5) is 25.1. The van der Waals surface area contributed by atoms with Crippen molar-refractivity contribution in [3.8, 4) is 0 Å². The first kappa shape index (κ1) is 12.4. The van der Waals surface area contributed by atoms with E-state index < -0.39 is 11.4 Å². The Morgan fingerprint density at radius 2 is 1.94 bits per heavy atom. The van der Waals surface area contributed by atoms with Crippen molar-refractivity contribution in [3.05, 3.63) is 0 Å². The minimum Gasteiger partial charge on any atom is -0.480 e. The van der Waals surface area contributed by atoms with Crippen LogP contribution in [0.1, 0.15) is 32.6 Å². The molecule has 96 valence electrons. The van der Waals surface area contributed by atoms with E-state index in [2.05, 4.69) is 10.2 Å². The fraction of sp³-hybridized carbons (Fsp3) is 0.833. The number of aliphatic carboxylic acids is 1. The van der Waals surface area contributed by atoms with Gasteiger partial charge in [0.25, 0.3) is 0 Å². The largest absolute Gasteiger partial charge is 0.480 e. The zero-order chi connectivity index (χ0) is 12.5. The number of nitrogens with zero attached hydrogens (tertiary/aromatic N) is 1. The molecule has 0 spiro atoms. The molecule has 1 amide bonds. The van der Waals surface area contributed by atoms with Crippen LogP contribution in [0, 0.1) is 5.41 Å². The number of rotatable bonds is 5. The smallest absolute Gasteiger partial charge is 0.319 e. The van der Waals surface area contributed by atoms with Crippen LogP contribution in [-0.2, 0) is 9.59 Å². The zero-order valence-electron chi connectivity index (χ0n) is 10.2. The summed E-state index contributed by atoms with van der Waals surface area (Å²) in [5, 5.41) is 11.8. The molecule has 0 aromatic carbocycles. The van der Waals surface area contributed by atoms with Crippen molar-refractivity contribution in [3.63, 3.8) is 0 Å². The minimum absolute atomic E-state index is 0.0254. The summed E-state index contributed by atoms with van der Waals surface area (Å²) in [7, 11) is 0.